The van der Waals surface area contributed by atoms with E-state index in [9.17, 15) is 0 Å². The van der Waals surface area contributed by atoms with E-state index in [2.05, 4.69) is 20.2 Å². The minimum atomic E-state index is 0.749. The van der Waals surface area contributed by atoms with Crippen LogP contribution >= 0.6 is 11.3 Å². The average molecular weight is 270 g/mol. The first kappa shape index (κ1) is 11.9. The molecule has 3 rings (SSSR count). The SMILES string of the molecule is CN(Cc1cscn1)c1ccc2ncccc2c1N. The molecular weight excluding hydrogens is 256 g/mol. The zero-order valence-corrected chi connectivity index (χ0v) is 11.4. The summed E-state index contributed by atoms with van der Waals surface area (Å²) in [5.41, 5.74) is 11.8. The van der Waals surface area contributed by atoms with Crippen molar-refractivity contribution < 1.29 is 0 Å². The summed E-state index contributed by atoms with van der Waals surface area (Å²) >= 11 is 1.60. The van der Waals surface area contributed by atoms with Crippen molar-refractivity contribution in [1.82, 2.24) is 9.97 Å². The van der Waals surface area contributed by atoms with Gasteiger partial charge in [0.1, 0.15) is 0 Å². The summed E-state index contributed by atoms with van der Waals surface area (Å²) in [6.45, 7) is 0.749. The second-order valence-electron chi connectivity index (χ2n) is 4.40. The second-order valence-corrected chi connectivity index (χ2v) is 5.12. The number of pyridine rings is 1. The number of nitrogens with zero attached hydrogens (tertiary/aromatic N) is 3. The van der Waals surface area contributed by atoms with Crippen LogP contribution in [0.25, 0.3) is 10.9 Å². The van der Waals surface area contributed by atoms with E-state index in [0.29, 0.717) is 0 Å². The fourth-order valence-electron chi connectivity index (χ4n) is 2.14. The van der Waals surface area contributed by atoms with Gasteiger partial charge in [-0.1, -0.05) is 0 Å². The molecule has 2 aromatic heterocycles. The molecule has 0 aliphatic heterocycles. The number of benzene rings is 1. The Bertz CT molecular complexity index is 694. The fourth-order valence-corrected chi connectivity index (χ4v) is 2.69. The lowest BCUT2D eigenvalue weighted by molar-refractivity contribution is 0.897. The predicted octanol–water partition coefficient (Wildman–Crippen LogP) is 2.91. The predicted molar refractivity (Wildman–Crippen MR) is 80.4 cm³/mol. The van der Waals surface area contributed by atoms with Gasteiger partial charge in [0, 0.05) is 24.0 Å². The number of anilines is 2. The van der Waals surface area contributed by atoms with Gasteiger partial charge in [-0.05, 0) is 24.3 Å². The number of hydrogen-bond acceptors (Lipinski definition) is 5. The molecule has 96 valence electrons. The van der Waals surface area contributed by atoms with Gasteiger partial charge < -0.3 is 10.6 Å². The Morgan fingerprint density at radius 2 is 2.16 bits per heavy atom. The van der Waals surface area contributed by atoms with Crippen LogP contribution in [0, 0.1) is 0 Å². The lowest BCUT2D eigenvalue weighted by Gasteiger charge is -2.21. The highest BCUT2D eigenvalue weighted by Crippen LogP contribution is 2.30. The average Bonchev–Trinajstić information content (AvgIpc) is 2.92. The molecule has 0 saturated carbocycles. The Labute approximate surface area is 115 Å². The number of thiazole rings is 1. The molecule has 4 nitrogen and oxygen atoms in total. The van der Waals surface area contributed by atoms with E-state index in [4.69, 9.17) is 5.73 Å². The van der Waals surface area contributed by atoms with E-state index >= 15 is 0 Å². The van der Waals surface area contributed by atoms with Gasteiger partial charge in [0.25, 0.3) is 0 Å². The molecule has 0 spiro atoms. The smallest absolute Gasteiger partial charge is 0.0795 e. The standard InChI is InChI=1S/C14H14N4S/c1-18(7-10-8-19-9-17-10)13-5-4-12-11(14(13)15)3-2-6-16-12/h2-6,8-9H,7,15H2,1H3. The number of rotatable bonds is 3. The van der Waals surface area contributed by atoms with Gasteiger partial charge in [0.05, 0.1) is 34.6 Å². The molecular formula is C14H14N4S. The third-order valence-corrected chi connectivity index (χ3v) is 3.73. The van der Waals surface area contributed by atoms with Gasteiger partial charge in [-0.2, -0.15) is 0 Å². The Hall–Kier alpha value is -2.14. The van der Waals surface area contributed by atoms with Gasteiger partial charge in [-0.3, -0.25) is 4.98 Å². The minimum absolute atomic E-state index is 0.749. The molecule has 5 heteroatoms. The third kappa shape index (κ3) is 2.24. The first-order valence-electron chi connectivity index (χ1n) is 5.97. The lowest BCUT2D eigenvalue weighted by Crippen LogP contribution is -2.18. The molecule has 0 atom stereocenters. The quantitative estimate of drug-likeness (QED) is 0.743. The monoisotopic (exact) mass is 270 g/mol. The first-order valence-corrected chi connectivity index (χ1v) is 6.91. The molecule has 2 heterocycles. The Balaban J connectivity index is 1.98. The maximum absolute atomic E-state index is 6.25. The zero-order valence-electron chi connectivity index (χ0n) is 10.6. The van der Waals surface area contributed by atoms with Crippen LogP contribution in [0.5, 0.6) is 0 Å². The summed E-state index contributed by atoms with van der Waals surface area (Å²) in [4.78, 5) is 10.7. The van der Waals surface area contributed by atoms with Crippen molar-refractivity contribution in [2.45, 2.75) is 6.54 Å². The van der Waals surface area contributed by atoms with E-state index in [1.54, 1.807) is 17.5 Å². The Morgan fingerprint density at radius 3 is 2.95 bits per heavy atom. The molecule has 0 aliphatic rings. The van der Waals surface area contributed by atoms with Gasteiger partial charge >= 0.3 is 0 Å². The van der Waals surface area contributed by atoms with Crippen molar-refractivity contribution in [1.29, 1.82) is 0 Å². The molecule has 0 amide bonds. The molecule has 3 aromatic rings. The summed E-state index contributed by atoms with van der Waals surface area (Å²) in [5, 5.41) is 3.04. The van der Waals surface area contributed by atoms with Crippen LogP contribution in [0.3, 0.4) is 0 Å². The molecule has 19 heavy (non-hydrogen) atoms. The largest absolute Gasteiger partial charge is 0.396 e. The number of nitrogens with two attached hydrogens (primary N) is 1. The summed E-state index contributed by atoms with van der Waals surface area (Å²) in [6.07, 6.45) is 1.78. The highest BCUT2D eigenvalue weighted by Gasteiger charge is 2.10. The minimum Gasteiger partial charge on any atom is -0.396 e. The number of nitrogen functional groups attached to an aromatic ring is 1. The first-order chi connectivity index (χ1) is 9.25. The van der Waals surface area contributed by atoms with E-state index < -0.39 is 0 Å². The normalized spacial score (nSPS) is 10.8. The molecule has 0 bridgehead atoms. The summed E-state index contributed by atoms with van der Waals surface area (Å²) in [5.74, 6) is 0. The Kier molecular flexibility index (Phi) is 3.05. The molecule has 1 aromatic carbocycles. The van der Waals surface area contributed by atoms with Gasteiger partial charge in [0.2, 0.25) is 0 Å². The van der Waals surface area contributed by atoms with Crippen LogP contribution in [-0.2, 0) is 6.54 Å². The van der Waals surface area contributed by atoms with Crippen LogP contribution in [0.1, 0.15) is 5.69 Å². The van der Waals surface area contributed by atoms with E-state index in [1.807, 2.05) is 36.8 Å². The second kappa shape index (κ2) is 4.85. The summed E-state index contributed by atoms with van der Waals surface area (Å²) in [6, 6.07) is 7.91. The summed E-state index contributed by atoms with van der Waals surface area (Å²) < 4.78 is 0. The topological polar surface area (TPSA) is 55.0 Å². The molecule has 0 radical (unpaired) electrons. The van der Waals surface area contributed by atoms with Crippen molar-refractivity contribution in [3.8, 4) is 0 Å². The summed E-state index contributed by atoms with van der Waals surface area (Å²) in [7, 11) is 2.02. The third-order valence-electron chi connectivity index (χ3n) is 3.10. The number of aromatic nitrogens is 2. The molecule has 0 aliphatic carbocycles. The molecule has 0 fully saturated rings. The lowest BCUT2D eigenvalue weighted by atomic mass is 10.1. The fraction of sp³-hybridized carbons (Fsp3) is 0.143. The van der Waals surface area contributed by atoms with E-state index in [1.165, 1.54) is 0 Å². The van der Waals surface area contributed by atoms with Crippen molar-refractivity contribution in [2.24, 2.45) is 0 Å². The van der Waals surface area contributed by atoms with Gasteiger partial charge in [0.15, 0.2) is 0 Å². The van der Waals surface area contributed by atoms with Crippen LogP contribution in [0.15, 0.2) is 41.4 Å². The highest BCUT2D eigenvalue weighted by molar-refractivity contribution is 7.07. The van der Waals surface area contributed by atoms with Crippen molar-refractivity contribution in [3.05, 3.63) is 47.0 Å². The van der Waals surface area contributed by atoms with E-state index in [-0.39, 0.29) is 0 Å². The van der Waals surface area contributed by atoms with Crippen LogP contribution in [-0.4, -0.2) is 17.0 Å². The highest BCUT2D eigenvalue weighted by atomic mass is 32.1. The van der Waals surface area contributed by atoms with Crippen LogP contribution in [0.4, 0.5) is 11.4 Å². The van der Waals surface area contributed by atoms with Gasteiger partial charge in [-0.15, -0.1) is 11.3 Å². The van der Waals surface area contributed by atoms with Crippen molar-refractivity contribution >= 4 is 33.6 Å². The number of hydrogen-bond donors (Lipinski definition) is 1. The molecule has 0 unspecified atom stereocenters. The van der Waals surface area contributed by atoms with Crippen molar-refractivity contribution in [2.75, 3.05) is 17.7 Å². The Morgan fingerprint density at radius 1 is 1.26 bits per heavy atom. The van der Waals surface area contributed by atoms with Crippen LogP contribution < -0.4 is 10.6 Å². The zero-order chi connectivity index (χ0) is 13.2. The maximum atomic E-state index is 6.25. The van der Waals surface area contributed by atoms with Crippen molar-refractivity contribution in [3.63, 3.8) is 0 Å². The number of fused-ring (bicyclic) bond motifs is 1. The molecule has 2 N–H and O–H groups in total. The maximum Gasteiger partial charge on any atom is 0.0795 e. The molecule has 0 saturated heterocycles. The van der Waals surface area contributed by atoms with Gasteiger partial charge in [-0.25, -0.2) is 4.98 Å². The van der Waals surface area contributed by atoms with E-state index in [0.717, 1.165) is 34.5 Å². The van der Waals surface area contributed by atoms with Crippen LogP contribution in [0.2, 0.25) is 0 Å².